The number of hydrogen-bond acceptors (Lipinski definition) is 2. The Balaban J connectivity index is 1.66. The Labute approximate surface area is 91.6 Å². The molecule has 0 aliphatic carbocycles. The number of ether oxygens (including phenoxy) is 1. The fourth-order valence-electron chi connectivity index (χ4n) is 1.92. The van der Waals surface area contributed by atoms with Crippen LogP contribution in [0, 0.1) is 0 Å². The molecule has 82 valence electrons. The second kappa shape index (κ2) is 5.89. The zero-order chi connectivity index (χ0) is 10.3. The van der Waals surface area contributed by atoms with E-state index in [2.05, 4.69) is 35.6 Å². The first-order chi connectivity index (χ1) is 7.45. The summed E-state index contributed by atoms with van der Waals surface area (Å²) in [6.45, 7) is 1.93. The molecule has 0 amide bonds. The lowest BCUT2D eigenvalue weighted by atomic mass is 10.1. The fraction of sp³-hybridized carbons (Fsp3) is 0.538. The topological polar surface area (TPSA) is 21.3 Å². The molecular formula is C13H19NO. The van der Waals surface area contributed by atoms with Crippen LogP contribution in [0.3, 0.4) is 0 Å². The lowest BCUT2D eigenvalue weighted by Crippen LogP contribution is -2.35. The molecule has 0 radical (unpaired) electrons. The van der Waals surface area contributed by atoms with Crippen LogP contribution in [0.2, 0.25) is 0 Å². The van der Waals surface area contributed by atoms with Crippen LogP contribution in [0.25, 0.3) is 0 Å². The van der Waals surface area contributed by atoms with Gasteiger partial charge in [0.15, 0.2) is 0 Å². The van der Waals surface area contributed by atoms with E-state index in [1.165, 1.54) is 18.4 Å². The number of hydrogen-bond donors (Lipinski definition) is 1. The molecular weight excluding hydrogens is 186 g/mol. The van der Waals surface area contributed by atoms with E-state index in [1.807, 2.05) is 0 Å². The highest BCUT2D eigenvalue weighted by Crippen LogP contribution is 2.10. The van der Waals surface area contributed by atoms with E-state index in [9.17, 15) is 0 Å². The van der Waals surface area contributed by atoms with Gasteiger partial charge in [-0.2, -0.15) is 0 Å². The molecule has 15 heavy (non-hydrogen) atoms. The van der Waals surface area contributed by atoms with Crippen molar-refractivity contribution < 1.29 is 4.74 Å². The summed E-state index contributed by atoms with van der Waals surface area (Å²) < 4.78 is 5.60. The number of nitrogens with one attached hydrogen (secondary N) is 1. The van der Waals surface area contributed by atoms with Gasteiger partial charge in [-0.15, -0.1) is 0 Å². The first-order valence-corrected chi connectivity index (χ1v) is 5.84. The molecule has 0 bridgehead atoms. The van der Waals surface area contributed by atoms with Crippen molar-refractivity contribution in [3.63, 3.8) is 0 Å². The molecule has 1 fully saturated rings. The smallest absolute Gasteiger partial charge is 0.108 e. The van der Waals surface area contributed by atoms with Crippen molar-refractivity contribution in [2.24, 2.45) is 0 Å². The fourth-order valence-corrected chi connectivity index (χ4v) is 1.92. The van der Waals surface area contributed by atoms with Gasteiger partial charge in [0.05, 0.1) is 0 Å². The highest BCUT2D eigenvalue weighted by Gasteiger charge is 2.11. The highest BCUT2D eigenvalue weighted by atomic mass is 16.5. The quantitative estimate of drug-likeness (QED) is 0.814. The first kappa shape index (κ1) is 10.7. The van der Waals surface area contributed by atoms with Gasteiger partial charge in [-0.3, -0.25) is 5.32 Å². The van der Waals surface area contributed by atoms with E-state index in [-0.39, 0.29) is 0 Å². The third-order valence-corrected chi connectivity index (χ3v) is 2.81. The molecule has 1 aliphatic rings. The molecule has 0 saturated carbocycles. The van der Waals surface area contributed by atoms with Crippen LogP contribution in [-0.2, 0) is 11.2 Å². The van der Waals surface area contributed by atoms with Gasteiger partial charge in [-0.1, -0.05) is 30.3 Å². The average Bonchev–Trinajstić information content (AvgIpc) is 2.32. The van der Waals surface area contributed by atoms with Gasteiger partial charge < -0.3 is 4.74 Å². The SMILES string of the molecule is c1ccc(CCNC2CCCCO2)cc1. The van der Waals surface area contributed by atoms with Crippen molar-refractivity contribution in [1.29, 1.82) is 0 Å². The Hall–Kier alpha value is -0.860. The standard InChI is InChI=1S/C13H19NO/c1-2-6-12(7-3-1)9-10-14-13-8-4-5-11-15-13/h1-3,6-7,13-14H,4-5,8-11H2. The Morgan fingerprint density at radius 3 is 2.80 bits per heavy atom. The van der Waals surface area contributed by atoms with E-state index in [0.717, 1.165) is 26.0 Å². The monoisotopic (exact) mass is 205 g/mol. The van der Waals surface area contributed by atoms with Gasteiger partial charge in [-0.25, -0.2) is 0 Å². The summed E-state index contributed by atoms with van der Waals surface area (Å²) in [6, 6.07) is 10.6. The predicted molar refractivity (Wildman–Crippen MR) is 61.7 cm³/mol. The molecule has 1 aromatic carbocycles. The van der Waals surface area contributed by atoms with Crippen LogP contribution in [0.5, 0.6) is 0 Å². The normalized spacial score (nSPS) is 21.5. The highest BCUT2D eigenvalue weighted by molar-refractivity contribution is 5.14. The van der Waals surface area contributed by atoms with Crippen molar-refractivity contribution in [2.75, 3.05) is 13.2 Å². The van der Waals surface area contributed by atoms with Crippen molar-refractivity contribution in [3.8, 4) is 0 Å². The molecule has 0 aromatic heterocycles. The second-order valence-electron chi connectivity index (χ2n) is 4.04. The van der Waals surface area contributed by atoms with Crippen molar-refractivity contribution in [2.45, 2.75) is 31.9 Å². The van der Waals surface area contributed by atoms with Crippen molar-refractivity contribution in [3.05, 3.63) is 35.9 Å². The van der Waals surface area contributed by atoms with Crippen LogP contribution in [-0.4, -0.2) is 19.4 Å². The zero-order valence-electron chi connectivity index (χ0n) is 9.11. The predicted octanol–water partition coefficient (Wildman–Crippen LogP) is 2.35. The minimum atomic E-state index is 0.294. The molecule has 2 heteroatoms. The Morgan fingerprint density at radius 2 is 2.07 bits per heavy atom. The minimum absolute atomic E-state index is 0.294. The lowest BCUT2D eigenvalue weighted by Gasteiger charge is -2.23. The van der Waals surface area contributed by atoms with Gasteiger partial charge in [-0.05, 0) is 31.2 Å². The van der Waals surface area contributed by atoms with Crippen LogP contribution >= 0.6 is 0 Å². The second-order valence-corrected chi connectivity index (χ2v) is 4.04. The molecule has 1 atom stereocenters. The Morgan fingerprint density at radius 1 is 1.20 bits per heavy atom. The zero-order valence-corrected chi connectivity index (χ0v) is 9.11. The molecule has 1 unspecified atom stereocenters. The molecule has 1 N–H and O–H groups in total. The summed E-state index contributed by atoms with van der Waals surface area (Å²) >= 11 is 0. The summed E-state index contributed by atoms with van der Waals surface area (Å²) in [5.74, 6) is 0. The van der Waals surface area contributed by atoms with Gasteiger partial charge in [0.2, 0.25) is 0 Å². The molecule has 1 saturated heterocycles. The maximum Gasteiger partial charge on any atom is 0.108 e. The van der Waals surface area contributed by atoms with Crippen LogP contribution in [0.1, 0.15) is 24.8 Å². The summed E-state index contributed by atoms with van der Waals surface area (Å²) in [7, 11) is 0. The molecule has 1 aliphatic heterocycles. The van der Waals surface area contributed by atoms with Gasteiger partial charge in [0, 0.05) is 13.2 Å². The van der Waals surface area contributed by atoms with E-state index in [4.69, 9.17) is 4.74 Å². The van der Waals surface area contributed by atoms with Crippen molar-refractivity contribution in [1.82, 2.24) is 5.32 Å². The van der Waals surface area contributed by atoms with Gasteiger partial charge in [0.1, 0.15) is 6.23 Å². The van der Waals surface area contributed by atoms with Crippen LogP contribution < -0.4 is 5.32 Å². The summed E-state index contributed by atoms with van der Waals surface area (Å²) in [5.41, 5.74) is 1.39. The summed E-state index contributed by atoms with van der Waals surface area (Å²) in [6.07, 6.45) is 5.05. The van der Waals surface area contributed by atoms with E-state index < -0.39 is 0 Å². The third kappa shape index (κ3) is 3.65. The molecule has 2 rings (SSSR count). The van der Waals surface area contributed by atoms with E-state index in [0.29, 0.717) is 6.23 Å². The summed E-state index contributed by atoms with van der Waals surface area (Å²) in [4.78, 5) is 0. The van der Waals surface area contributed by atoms with Gasteiger partial charge >= 0.3 is 0 Å². The molecule has 1 aromatic rings. The maximum absolute atomic E-state index is 5.60. The van der Waals surface area contributed by atoms with Crippen LogP contribution in [0.4, 0.5) is 0 Å². The largest absolute Gasteiger partial charge is 0.363 e. The maximum atomic E-state index is 5.60. The van der Waals surface area contributed by atoms with Crippen LogP contribution in [0.15, 0.2) is 30.3 Å². The first-order valence-electron chi connectivity index (χ1n) is 5.84. The number of rotatable bonds is 4. The summed E-state index contributed by atoms with van der Waals surface area (Å²) in [5, 5.41) is 3.45. The molecule has 2 nitrogen and oxygen atoms in total. The molecule has 0 spiro atoms. The third-order valence-electron chi connectivity index (χ3n) is 2.81. The number of benzene rings is 1. The Bertz CT molecular complexity index is 267. The molecule has 1 heterocycles. The minimum Gasteiger partial charge on any atom is -0.363 e. The van der Waals surface area contributed by atoms with Gasteiger partial charge in [0.25, 0.3) is 0 Å². The van der Waals surface area contributed by atoms with E-state index in [1.54, 1.807) is 0 Å². The van der Waals surface area contributed by atoms with Crippen molar-refractivity contribution >= 4 is 0 Å². The average molecular weight is 205 g/mol. The van der Waals surface area contributed by atoms with E-state index >= 15 is 0 Å². The Kier molecular flexibility index (Phi) is 4.18. The lowest BCUT2D eigenvalue weighted by molar-refractivity contribution is -0.00470.